The molecule has 78 valence electrons. The van der Waals surface area contributed by atoms with Gasteiger partial charge in [-0.1, -0.05) is 29.8 Å². The van der Waals surface area contributed by atoms with Crippen molar-refractivity contribution in [2.45, 2.75) is 32.8 Å². The Labute approximate surface area is 88.0 Å². The molecule has 0 aliphatic carbocycles. The Bertz CT molecular complexity index is 169. The second-order valence-corrected chi connectivity index (χ2v) is 4.57. The first kappa shape index (κ1) is 12.9. The summed E-state index contributed by atoms with van der Waals surface area (Å²) in [5.41, 5.74) is -0.800. The van der Waals surface area contributed by atoms with Crippen LogP contribution in [0.5, 0.6) is 0 Å². The number of hydrogen-bond acceptors (Lipinski definition) is 2. The molecule has 0 aromatic carbocycles. The second-order valence-electron chi connectivity index (χ2n) is 4.01. The molecule has 0 fully saturated rings. The van der Waals surface area contributed by atoms with Crippen LogP contribution in [0.3, 0.4) is 0 Å². The monoisotopic (exact) mass is 251 g/mol. The molecule has 1 atom stereocenters. The number of carbonyl (C=O) groups excluding carboxylic acids is 1. The molecule has 0 saturated carbocycles. The minimum atomic E-state index is -0.800. The van der Waals surface area contributed by atoms with Gasteiger partial charge in [-0.25, -0.2) is 0 Å². The summed E-state index contributed by atoms with van der Waals surface area (Å²) in [4.78, 5) is 10.9. The lowest BCUT2D eigenvalue weighted by atomic mass is 9.94. The van der Waals surface area contributed by atoms with Crippen LogP contribution in [0.15, 0.2) is 0 Å². The summed E-state index contributed by atoms with van der Waals surface area (Å²) in [6.07, 6.45) is 0.690. The molecule has 0 radical (unpaired) electrons. The van der Waals surface area contributed by atoms with E-state index in [1.807, 2.05) is 13.8 Å². The van der Waals surface area contributed by atoms with E-state index >= 15 is 0 Å². The standard InChI is InChI=1S/C9H18BrNO2/c1-7(2)4-9(3,13)6-11-8(12)5-10/h7,13H,4-6H2,1-3H3,(H,11,12). The van der Waals surface area contributed by atoms with E-state index in [0.717, 1.165) is 0 Å². The predicted molar refractivity (Wildman–Crippen MR) is 56.9 cm³/mol. The van der Waals surface area contributed by atoms with Crippen LogP contribution < -0.4 is 5.32 Å². The first-order valence-electron chi connectivity index (χ1n) is 4.42. The Morgan fingerprint density at radius 3 is 2.54 bits per heavy atom. The fourth-order valence-corrected chi connectivity index (χ4v) is 1.49. The minimum absolute atomic E-state index is 0.0935. The summed E-state index contributed by atoms with van der Waals surface area (Å²) in [6.45, 7) is 6.14. The van der Waals surface area contributed by atoms with Gasteiger partial charge < -0.3 is 10.4 Å². The van der Waals surface area contributed by atoms with E-state index in [0.29, 0.717) is 18.9 Å². The summed E-state index contributed by atoms with van der Waals surface area (Å²) < 4.78 is 0. The zero-order chi connectivity index (χ0) is 10.5. The average Bonchev–Trinajstić information content (AvgIpc) is 1.98. The highest BCUT2D eigenvalue weighted by molar-refractivity contribution is 9.09. The van der Waals surface area contributed by atoms with Gasteiger partial charge in [-0.3, -0.25) is 4.79 Å². The smallest absolute Gasteiger partial charge is 0.230 e. The molecule has 2 N–H and O–H groups in total. The molecule has 0 heterocycles. The van der Waals surface area contributed by atoms with Gasteiger partial charge >= 0.3 is 0 Å². The molecule has 0 aliphatic heterocycles. The molecule has 0 saturated heterocycles. The van der Waals surface area contributed by atoms with Gasteiger partial charge in [0.05, 0.1) is 10.9 Å². The number of amides is 1. The van der Waals surface area contributed by atoms with E-state index in [1.54, 1.807) is 6.92 Å². The van der Waals surface area contributed by atoms with Gasteiger partial charge in [0, 0.05) is 6.54 Å². The van der Waals surface area contributed by atoms with Gasteiger partial charge in [0.2, 0.25) is 5.91 Å². The fraction of sp³-hybridized carbons (Fsp3) is 0.889. The van der Waals surface area contributed by atoms with Gasteiger partial charge in [-0.05, 0) is 19.3 Å². The number of nitrogens with one attached hydrogen (secondary N) is 1. The van der Waals surface area contributed by atoms with Crippen molar-refractivity contribution in [2.75, 3.05) is 11.9 Å². The highest BCUT2D eigenvalue weighted by atomic mass is 79.9. The number of alkyl halides is 1. The molecular weight excluding hydrogens is 234 g/mol. The van der Waals surface area contributed by atoms with E-state index in [2.05, 4.69) is 21.2 Å². The highest BCUT2D eigenvalue weighted by Crippen LogP contribution is 2.14. The van der Waals surface area contributed by atoms with Crippen molar-refractivity contribution in [1.29, 1.82) is 0 Å². The van der Waals surface area contributed by atoms with Gasteiger partial charge in [0.15, 0.2) is 0 Å². The lowest BCUT2D eigenvalue weighted by Crippen LogP contribution is -2.41. The first-order valence-corrected chi connectivity index (χ1v) is 5.54. The third-order valence-electron chi connectivity index (χ3n) is 1.64. The summed E-state index contributed by atoms with van der Waals surface area (Å²) in [5, 5.41) is 12.7. The van der Waals surface area contributed by atoms with E-state index in [4.69, 9.17) is 0 Å². The average molecular weight is 252 g/mol. The zero-order valence-corrected chi connectivity index (χ0v) is 10.0. The van der Waals surface area contributed by atoms with Crippen LogP contribution in [0.1, 0.15) is 27.2 Å². The normalized spacial score (nSPS) is 15.5. The lowest BCUT2D eigenvalue weighted by molar-refractivity contribution is -0.119. The number of rotatable bonds is 5. The van der Waals surface area contributed by atoms with Crippen molar-refractivity contribution < 1.29 is 9.90 Å². The van der Waals surface area contributed by atoms with Crippen LogP contribution in [0.25, 0.3) is 0 Å². The highest BCUT2D eigenvalue weighted by Gasteiger charge is 2.22. The van der Waals surface area contributed by atoms with Crippen molar-refractivity contribution in [3.63, 3.8) is 0 Å². The van der Waals surface area contributed by atoms with Gasteiger partial charge in [0.25, 0.3) is 0 Å². The Hall–Kier alpha value is -0.0900. The van der Waals surface area contributed by atoms with Crippen LogP contribution in [-0.2, 0) is 4.79 Å². The van der Waals surface area contributed by atoms with Crippen LogP contribution in [0.4, 0.5) is 0 Å². The summed E-state index contributed by atoms with van der Waals surface area (Å²) in [6, 6.07) is 0. The molecule has 0 aliphatic rings. The predicted octanol–water partition coefficient (Wildman–Crippen LogP) is 1.29. The zero-order valence-electron chi connectivity index (χ0n) is 8.43. The van der Waals surface area contributed by atoms with Crippen LogP contribution in [0, 0.1) is 5.92 Å². The van der Waals surface area contributed by atoms with Crippen molar-refractivity contribution in [3.05, 3.63) is 0 Å². The first-order chi connectivity index (χ1) is 5.87. The molecule has 1 unspecified atom stereocenters. The maximum Gasteiger partial charge on any atom is 0.230 e. The molecule has 0 aromatic heterocycles. The Balaban J connectivity index is 3.81. The van der Waals surface area contributed by atoms with Crippen molar-refractivity contribution in [3.8, 4) is 0 Å². The van der Waals surface area contributed by atoms with Gasteiger partial charge in [-0.2, -0.15) is 0 Å². The van der Waals surface area contributed by atoms with E-state index in [9.17, 15) is 9.90 Å². The molecule has 3 nitrogen and oxygen atoms in total. The second kappa shape index (κ2) is 5.60. The van der Waals surface area contributed by atoms with Gasteiger partial charge in [-0.15, -0.1) is 0 Å². The molecule has 13 heavy (non-hydrogen) atoms. The quantitative estimate of drug-likeness (QED) is 0.724. The Kier molecular flexibility index (Phi) is 5.56. The molecule has 0 rings (SSSR count). The largest absolute Gasteiger partial charge is 0.388 e. The van der Waals surface area contributed by atoms with Crippen LogP contribution in [-0.4, -0.2) is 28.5 Å². The molecule has 4 heteroatoms. The molecular formula is C9H18BrNO2. The van der Waals surface area contributed by atoms with Crippen molar-refractivity contribution in [2.24, 2.45) is 5.92 Å². The van der Waals surface area contributed by atoms with Crippen molar-refractivity contribution >= 4 is 21.8 Å². The topological polar surface area (TPSA) is 49.3 Å². The summed E-state index contributed by atoms with van der Waals surface area (Å²) in [7, 11) is 0. The number of aliphatic hydroxyl groups is 1. The third kappa shape index (κ3) is 7.02. The third-order valence-corrected chi connectivity index (χ3v) is 2.15. The fourth-order valence-electron chi connectivity index (χ4n) is 1.29. The maximum atomic E-state index is 10.9. The number of carbonyl (C=O) groups is 1. The number of hydrogen-bond donors (Lipinski definition) is 2. The molecule has 0 spiro atoms. The summed E-state index contributed by atoms with van der Waals surface area (Å²) >= 11 is 3.04. The SMILES string of the molecule is CC(C)CC(C)(O)CNC(=O)CBr. The van der Waals surface area contributed by atoms with E-state index in [1.165, 1.54) is 0 Å². The minimum Gasteiger partial charge on any atom is -0.388 e. The Morgan fingerprint density at radius 1 is 1.62 bits per heavy atom. The van der Waals surface area contributed by atoms with Crippen LogP contribution >= 0.6 is 15.9 Å². The lowest BCUT2D eigenvalue weighted by Gasteiger charge is -2.25. The summed E-state index contributed by atoms with van der Waals surface area (Å²) in [5.74, 6) is 0.333. The van der Waals surface area contributed by atoms with Crippen LogP contribution in [0.2, 0.25) is 0 Å². The molecule has 0 aromatic rings. The molecule has 1 amide bonds. The molecule has 0 bridgehead atoms. The maximum absolute atomic E-state index is 10.9. The van der Waals surface area contributed by atoms with E-state index in [-0.39, 0.29) is 11.2 Å². The number of halogens is 1. The van der Waals surface area contributed by atoms with Crippen molar-refractivity contribution in [1.82, 2.24) is 5.32 Å². The van der Waals surface area contributed by atoms with E-state index < -0.39 is 5.60 Å². The Morgan fingerprint density at radius 2 is 2.15 bits per heavy atom. The van der Waals surface area contributed by atoms with Gasteiger partial charge in [0.1, 0.15) is 0 Å².